The molecule has 1 heterocycles. The van der Waals surface area contributed by atoms with E-state index in [-0.39, 0.29) is 5.91 Å². The van der Waals surface area contributed by atoms with E-state index in [1.165, 1.54) is 5.56 Å². The van der Waals surface area contributed by atoms with E-state index in [4.69, 9.17) is 4.74 Å². The molecule has 0 unspecified atom stereocenters. The zero-order valence-electron chi connectivity index (χ0n) is 9.20. The first-order valence-electron chi connectivity index (χ1n) is 5.31. The van der Waals surface area contributed by atoms with Crippen molar-refractivity contribution < 1.29 is 9.53 Å². The molecule has 0 bridgehead atoms. The van der Waals surface area contributed by atoms with Gasteiger partial charge in [0.05, 0.1) is 18.8 Å². The van der Waals surface area contributed by atoms with Gasteiger partial charge in [0.1, 0.15) is 0 Å². The Labute approximate surface area is 109 Å². The number of rotatable bonds is 1. The third-order valence-corrected chi connectivity index (χ3v) is 3.55. The van der Waals surface area contributed by atoms with E-state index in [0.717, 1.165) is 9.13 Å². The van der Waals surface area contributed by atoms with Crippen LogP contribution >= 0.6 is 22.6 Å². The van der Waals surface area contributed by atoms with Crippen LogP contribution in [-0.2, 0) is 4.74 Å². The summed E-state index contributed by atoms with van der Waals surface area (Å²) < 4.78 is 6.26. The van der Waals surface area contributed by atoms with Crippen LogP contribution in [0.2, 0.25) is 0 Å². The third kappa shape index (κ3) is 2.55. The van der Waals surface area contributed by atoms with Gasteiger partial charge in [-0.3, -0.25) is 4.79 Å². The predicted octanol–water partition coefficient (Wildman–Crippen LogP) is 2.07. The van der Waals surface area contributed by atoms with Crippen LogP contribution in [0.5, 0.6) is 0 Å². The summed E-state index contributed by atoms with van der Waals surface area (Å²) >= 11 is 2.22. The van der Waals surface area contributed by atoms with Gasteiger partial charge in [0.2, 0.25) is 0 Å². The second-order valence-electron chi connectivity index (χ2n) is 3.89. The second-order valence-corrected chi connectivity index (χ2v) is 5.05. The van der Waals surface area contributed by atoms with Crippen LogP contribution in [0.3, 0.4) is 0 Å². The van der Waals surface area contributed by atoms with Crippen LogP contribution in [0.1, 0.15) is 15.9 Å². The Balaban J connectivity index is 2.19. The van der Waals surface area contributed by atoms with Crippen LogP contribution < -0.4 is 0 Å². The van der Waals surface area contributed by atoms with Gasteiger partial charge < -0.3 is 9.64 Å². The van der Waals surface area contributed by atoms with Crippen molar-refractivity contribution in [2.24, 2.45) is 0 Å². The van der Waals surface area contributed by atoms with Gasteiger partial charge in [-0.25, -0.2) is 0 Å². The van der Waals surface area contributed by atoms with Crippen molar-refractivity contribution in [1.82, 2.24) is 4.90 Å². The number of hydrogen-bond donors (Lipinski definition) is 0. The van der Waals surface area contributed by atoms with E-state index >= 15 is 0 Å². The van der Waals surface area contributed by atoms with Crippen LogP contribution in [0.4, 0.5) is 0 Å². The summed E-state index contributed by atoms with van der Waals surface area (Å²) in [4.78, 5) is 14.1. The summed E-state index contributed by atoms with van der Waals surface area (Å²) in [6.07, 6.45) is 0. The molecule has 1 aromatic rings. The van der Waals surface area contributed by atoms with Crippen LogP contribution in [-0.4, -0.2) is 37.1 Å². The van der Waals surface area contributed by atoms with Gasteiger partial charge in [0.25, 0.3) is 5.91 Å². The fraction of sp³-hybridized carbons (Fsp3) is 0.417. The Morgan fingerprint density at radius 1 is 1.38 bits per heavy atom. The molecule has 1 saturated heterocycles. The second kappa shape index (κ2) is 5.14. The molecule has 1 fully saturated rings. The fourth-order valence-electron chi connectivity index (χ4n) is 1.73. The van der Waals surface area contributed by atoms with E-state index in [1.807, 2.05) is 30.0 Å². The van der Waals surface area contributed by atoms with Gasteiger partial charge in [-0.2, -0.15) is 0 Å². The van der Waals surface area contributed by atoms with Crippen molar-refractivity contribution >= 4 is 28.5 Å². The largest absolute Gasteiger partial charge is 0.378 e. The lowest BCUT2D eigenvalue weighted by atomic mass is 10.1. The van der Waals surface area contributed by atoms with E-state index < -0.39 is 0 Å². The lowest BCUT2D eigenvalue weighted by Crippen LogP contribution is -2.40. The first-order chi connectivity index (χ1) is 7.68. The molecule has 0 aliphatic carbocycles. The number of aryl methyl sites for hydroxylation is 1. The van der Waals surface area contributed by atoms with Gasteiger partial charge in [0.15, 0.2) is 0 Å². The van der Waals surface area contributed by atoms with E-state index in [9.17, 15) is 4.79 Å². The minimum absolute atomic E-state index is 0.118. The maximum absolute atomic E-state index is 12.2. The van der Waals surface area contributed by atoms with Gasteiger partial charge in [-0.1, -0.05) is 11.6 Å². The van der Waals surface area contributed by atoms with Gasteiger partial charge in [-0.15, -0.1) is 0 Å². The fourth-order valence-corrected chi connectivity index (χ4v) is 2.63. The summed E-state index contributed by atoms with van der Waals surface area (Å²) in [7, 11) is 0. The topological polar surface area (TPSA) is 29.5 Å². The van der Waals surface area contributed by atoms with Crippen molar-refractivity contribution in [2.45, 2.75) is 6.92 Å². The molecule has 0 aromatic heterocycles. The highest BCUT2D eigenvalue weighted by Crippen LogP contribution is 2.17. The number of halogens is 1. The summed E-state index contributed by atoms with van der Waals surface area (Å²) in [5.74, 6) is 0.118. The maximum atomic E-state index is 12.2. The predicted molar refractivity (Wildman–Crippen MR) is 70.6 cm³/mol. The first kappa shape index (κ1) is 11.9. The van der Waals surface area contributed by atoms with Crippen LogP contribution in [0, 0.1) is 10.5 Å². The Morgan fingerprint density at radius 2 is 2.06 bits per heavy atom. The summed E-state index contributed by atoms with van der Waals surface area (Å²) in [5.41, 5.74) is 1.98. The molecule has 4 heteroatoms. The minimum atomic E-state index is 0.118. The third-order valence-electron chi connectivity index (χ3n) is 2.65. The van der Waals surface area contributed by atoms with Crippen LogP contribution in [0.25, 0.3) is 0 Å². The lowest BCUT2D eigenvalue weighted by Gasteiger charge is -2.27. The molecule has 1 aliphatic heterocycles. The maximum Gasteiger partial charge on any atom is 0.255 e. The number of amides is 1. The highest BCUT2D eigenvalue weighted by atomic mass is 127. The minimum Gasteiger partial charge on any atom is -0.378 e. The number of carbonyl (C=O) groups excluding carboxylic acids is 1. The molecule has 3 nitrogen and oxygen atoms in total. The lowest BCUT2D eigenvalue weighted by molar-refractivity contribution is 0.0302. The highest BCUT2D eigenvalue weighted by molar-refractivity contribution is 14.1. The number of hydrogen-bond acceptors (Lipinski definition) is 2. The average Bonchev–Trinajstić information content (AvgIpc) is 2.29. The molecule has 2 rings (SSSR count). The zero-order valence-corrected chi connectivity index (χ0v) is 11.4. The van der Waals surface area contributed by atoms with E-state index in [0.29, 0.717) is 26.3 Å². The van der Waals surface area contributed by atoms with Crippen molar-refractivity contribution in [1.29, 1.82) is 0 Å². The van der Waals surface area contributed by atoms with Crippen molar-refractivity contribution in [2.75, 3.05) is 26.3 Å². The average molecular weight is 331 g/mol. The molecular formula is C12H14INO2. The molecule has 1 amide bonds. The summed E-state index contributed by atoms with van der Waals surface area (Å²) in [5, 5.41) is 0. The van der Waals surface area contributed by atoms with Gasteiger partial charge in [-0.05, 0) is 41.6 Å². The Morgan fingerprint density at radius 3 is 2.69 bits per heavy atom. The molecule has 0 atom stereocenters. The molecule has 1 aromatic carbocycles. The van der Waals surface area contributed by atoms with Gasteiger partial charge in [0, 0.05) is 16.7 Å². The molecule has 0 saturated carbocycles. The molecule has 0 N–H and O–H groups in total. The Hall–Kier alpha value is -0.620. The zero-order chi connectivity index (χ0) is 11.5. The number of benzene rings is 1. The van der Waals surface area contributed by atoms with Crippen molar-refractivity contribution in [3.63, 3.8) is 0 Å². The number of carbonyl (C=O) groups is 1. The quantitative estimate of drug-likeness (QED) is 0.738. The monoisotopic (exact) mass is 331 g/mol. The summed E-state index contributed by atoms with van der Waals surface area (Å²) in [6.45, 7) is 4.72. The smallest absolute Gasteiger partial charge is 0.255 e. The molecule has 0 radical (unpaired) electrons. The molecular weight excluding hydrogens is 317 g/mol. The van der Waals surface area contributed by atoms with E-state index in [2.05, 4.69) is 22.6 Å². The first-order valence-corrected chi connectivity index (χ1v) is 6.39. The molecule has 16 heavy (non-hydrogen) atoms. The highest BCUT2D eigenvalue weighted by Gasteiger charge is 2.20. The normalized spacial score (nSPS) is 16.2. The van der Waals surface area contributed by atoms with Crippen molar-refractivity contribution in [3.05, 3.63) is 32.9 Å². The molecule has 86 valence electrons. The number of nitrogens with zero attached hydrogens (tertiary/aromatic N) is 1. The Kier molecular flexibility index (Phi) is 3.81. The summed E-state index contributed by atoms with van der Waals surface area (Å²) in [6, 6.07) is 5.93. The number of morpholine rings is 1. The van der Waals surface area contributed by atoms with E-state index in [1.54, 1.807) is 0 Å². The molecule has 0 spiro atoms. The molecule has 1 aliphatic rings. The van der Waals surface area contributed by atoms with Gasteiger partial charge >= 0.3 is 0 Å². The van der Waals surface area contributed by atoms with Crippen molar-refractivity contribution in [3.8, 4) is 0 Å². The SMILES string of the molecule is Cc1ccc(C(=O)N2CCOCC2)c(I)c1. The van der Waals surface area contributed by atoms with Crippen LogP contribution in [0.15, 0.2) is 18.2 Å². The Bertz CT molecular complexity index is 400. The standard InChI is InChI=1S/C12H14INO2/c1-9-2-3-10(11(13)8-9)12(15)14-4-6-16-7-5-14/h2-3,8H,4-7H2,1H3. The number of ether oxygens (including phenoxy) is 1.